The summed E-state index contributed by atoms with van der Waals surface area (Å²) in [7, 11) is 0. The summed E-state index contributed by atoms with van der Waals surface area (Å²) in [6.07, 6.45) is 1.54. The number of benzene rings is 1. The van der Waals surface area contributed by atoms with Gasteiger partial charge >= 0.3 is 0 Å². The van der Waals surface area contributed by atoms with Crippen LogP contribution >= 0.6 is 0 Å². The van der Waals surface area contributed by atoms with Crippen molar-refractivity contribution in [3.63, 3.8) is 0 Å². The van der Waals surface area contributed by atoms with Crippen molar-refractivity contribution in [3.05, 3.63) is 42.0 Å². The molecule has 0 atom stereocenters. The summed E-state index contributed by atoms with van der Waals surface area (Å²) < 4.78 is 7.53. The third-order valence-corrected chi connectivity index (χ3v) is 2.86. The minimum atomic E-state index is 0.0493. The average Bonchev–Trinajstić information content (AvgIpc) is 2.83. The highest BCUT2D eigenvalue weighted by molar-refractivity contribution is 5.94. The molecule has 5 heteroatoms. The minimum Gasteiger partial charge on any atom is -0.486 e. The summed E-state index contributed by atoms with van der Waals surface area (Å²) in [5.74, 6) is 2.07. The standard InChI is InChI=1S/C15H19N3O2/c1-11(2)8-18-15(16-10-17-18)9-20-14-6-4-13(5-7-14)12(3)19/h4-7,10-11H,8-9H2,1-3H3. The van der Waals surface area contributed by atoms with Gasteiger partial charge in [-0.2, -0.15) is 5.10 Å². The number of hydrogen-bond donors (Lipinski definition) is 0. The van der Waals surface area contributed by atoms with Gasteiger partial charge in [-0.1, -0.05) is 13.8 Å². The molecule has 0 aliphatic carbocycles. The van der Waals surface area contributed by atoms with E-state index in [-0.39, 0.29) is 5.78 Å². The van der Waals surface area contributed by atoms with Gasteiger partial charge in [0.05, 0.1) is 0 Å². The van der Waals surface area contributed by atoms with Crippen LogP contribution in [0.1, 0.15) is 37.0 Å². The molecular weight excluding hydrogens is 254 g/mol. The Bertz CT molecular complexity index is 573. The Hall–Kier alpha value is -2.17. The van der Waals surface area contributed by atoms with Crippen LogP contribution in [-0.4, -0.2) is 20.5 Å². The van der Waals surface area contributed by atoms with Crippen LogP contribution < -0.4 is 4.74 Å². The van der Waals surface area contributed by atoms with Crippen molar-refractivity contribution >= 4 is 5.78 Å². The Labute approximate surface area is 118 Å². The number of carbonyl (C=O) groups excluding carboxylic acids is 1. The molecule has 0 amide bonds. The third-order valence-electron chi connectivity index (χ3n) is 2.86. The first-order valence-electron chi connectivity index (χ1n) is 6.66. The third kappa shape index (κ3) is 3.66. The monoisotopic (exact) mass is 273 g/mol. The lowest BCUT2D eigenvalue weighted by molar-refractivity contribution is 0.101. The van der Waals surface area contributed by atoms with E-state index in [2.05, 4.69) is 23.9 Å². The number of aromatic nitrogens is 3. The van der Waals surface area contributed by atoms with E-state index in [9.17, 15) is 4.79 Å². The molecule has 0 fully saturated rings. The highest BCUT2D eigenvalue weighted by Gasteiger charge is 2.07. The fourth-order valence-electron chi connectivity index (χ4n) is 1.83. The Morgan fingerprint density at radius 2 is 2.00 bits per heavy atom. The predicted octanol–water partition coefficient (Wildman–Crippen LogP) is 2.72. The van der Waals surface area contributed by atoms with E-state index >= 15 is 0 Å². The largest absolute Gasteiger partial charge is 0.486 e. The van der Waals surface area contributed by atoms with E-state index in [1.54, 1.807) is 37.5 Å². The molecular formula is C15H19N3O2. The molecule has 0 radical (unpaired) electrons. The summed E-state index contributed by atoms with van der Waals surface area (Å²) in [6, 6.07) is 7.10. The van der Waals surface area contributed by atoms with E-state index in [1.807, 2.05) is 4.68 Å². The molecule has 2 rings (SSSR count). The van der Waals surface area contributed by atoms with Crippen LogP contribution in [0.5, 0.6) is 5.75 Å². The molecule has 1 aromatic carbocycles. The van der Waals surface area contributed by atoms with E-state index in [0.29, 0.717) is 23.8 Å². The van der Waals surface area contributed by atoms with Gasteiger partial charge in [-0.3, -0.25) is 4.79 Å². The maximum atomic E-state index is 11.2. The fraction of sp³-hybridized carbons (Fsp3) is 0.400. The van der Waals surface area contributed by atoms with E-state index in [1.165, 1.54) is 0 Å². The van der Waals surface area contributed by atoms with Crippen LogP contribution in [0.25, 0.3) is 0 Å². The lowest BCUT2D eigenvalue weighted by atomic mass is 10.1. The van der Waals surface area contributed by atoms with Crippen molar-refractivity contribution in [1.29, 1.82) is 0 Å². The van der Waals surface area contributed by atoms with E-state index in [4.69, 9.17) is 4.74 Å². The van der Waals surface area contributed by atoms with Gasteiger partial charge < -0.3 is 4.74 Å². The number of ether oxygens (including phenoxy) is 1. The van der Waals surface area contributed by atoms with Crippen LogP contribution in [0.3, 0.4) is 0 Å². The minimum absolute atomic E-state index is 0.0493. The lowest BCUT2D eigenvalue weighted by Crippen LogP contribution is -2.12. The lowest BCUT2D eigenvalue weighted by Gasteiger charge is -2.10. The first kappa shape index (κ1) is 14.2. The second-order valence-electron chi connectivity index (χ2n) is 5.12. The van der Waals surface area contributed by atoms with Gasteiger partial charge in [0.2, 0.25) is 0 Å². The van der Waals surface area contributed by atoms with E-state index in [0.717, 1.165) is 12.4 Å². The van der Waals surface area contributed by atoms with Gasteiger partial charge in [0.25, 0.3) is 0 Å². The summed E-state index contributed by atoms with van der Waals surface area (Å²) in [5, 5.41) is 4.19. The normalized spacial score (nSPS) is 10.8. The van der Waals surface area contributed by atoms with Gasteiger partial charge in [0.15, 0.2) is 11.6 Å². The van der Waals surface area contributed by atoms with Crippen LogP contribution in [0.15, 0.2) is 30.6 Å². The van der Waals surface area contributed by atoms with Crippen LogP contribution in [0.2, 0.25) is 0 Å². The van der Waals surface area contributed by atoms with E-state index < -0.39 is 0 Å². The smallest absolute Gasteiger partial charge is 0.164 e. The average molecular weight is 273 g/mol. The number of Topliss-reactive ketones (excluding diaryl/α,β-unsaturated/α-hetero) is 1. The van der Waals surface area contributed by atoms with Gasteiger partial charge in [-0.05, 0) is 37.1 Å². The summed E-state index contributed by atoms with van der Waals surface area (Å²) in [4.78, 5) is 15.4. The maximum Gasteiger partial charge on any atom is 0.164 e. The second-order valence-corrected chi connectivity index (χ2v) is 5.12. The van der Waals surface area contributed by atoms with Gasteiger partial charge in [-0.25, -0.2) is 9.67 Å². The summed E-state index contributed by atoms with van der Waals surface area (Å²) >= 11 is 0. The first-order chi connectivity index (χ1) is 9.56. The Kier molecular flexibility index (Phi) is 4.50. The topological polar surface area (TPSA) is 57.0 Å². The predicted molar refractivity (Wildman–Crippen MR) is 75.6 cm³/mol. The summed E-state index contributed by atoms with van der Waals surface area (Å²) in [5.41, 5.74) is 0.681. The molecule has 2 aromatic rings. The molecule has 0 spiro atoms. The quantitative estimate of drug-likeness (QED) is 0.759. The van der Waals surface area contributed by atoms with Crippen molar-refractivity contribution in [2.45, 2.75) is 33.9 Å². The van der Waals surface area contributed by atoms with Gasteiger partial charge in [-0.15, -0.1) is 0 Å². The molecule has 106 valence electrons. The number of rotatable bonds is 6. The molecule has 0 aliphatic heterocycles. The van der Waals surface area contributed by atoms with Gasteiger partial charge in [0.1, 0.15) is 18.7 Å². The fourth-order valence-corrected chi connectivity index (χ4v) is 1.83. The highest BCUT2D eigenvalue weighted by Crippen LogP contribution is 2.14. The van der Waals surface area contributed by atoms with Crippen molar-refractivity contribution < 1.29 is 9.53 Å². The second kappa shape index (κ2) is 6.32. The Balaban J connectivity index is 1.98. The number of nitrogens with zero attached hydrogens (tertiary/aromatic N) is 3. The van der Waals surface area contributed by atoms with Crippen LogP contribution in [0.4, 0.5) is 0 Å². The van der Waals surface area contributed by atoms with Crippen molar-refractivity contribution in [2.75, 3.05) is 0 Å². The SMILES string of the molecule is CC(=O)c1ccc(OCc2ncnn2CC(C)C)cc1. The zero-order valence-electron chi connectivity index (χ0n) is 12.0. The molecule has 1 heterocycles. The maximum absolute atomic E-state index is 11.2. The molecule has 0 aliphatic rings. The zero-order valence-corrected chi connectivity index (χ0v) is 12.0. The van der Waals surface area contributed by atoms with Crippen LogP contribution in [0, 0.1) is 5.92 Å². The Morgan fingerprint density at radius 1 is 1.30 bits per heavy atom. The molecule has 0 saturated heterocycles. The van der Waals surface area contributed by atoms with Crippen molar-refractivity contribution in [1.82, 2.24) is 14.8 Å². The number of ketones is 1. The molecule has 1 aromatic heterocycles. The zero-order chi connectivity index (χ0) is 14.5. The Morgan fingerprint density at radius 3 is 2.60 bits per heavy atom. The number of hydrogen-bond acceptors (Lipinski definition) is 4. The molecule has 5 nitrogen and oxygen atoms in total. The summed E-state index contributed by atoms with van der Waals surface area (Å²) in [6.45, 7) is 7.00. The molecule has 0 unspecified atom stereocenters. The van der Waals surface area contributed by atoms with Crippen molar-refractivity contribution in [2.24, 2.45) is 5.92 Å². The molecule has 20 heavy (non-hydrogen) atoms. The van der Waals surface area contributed by atoms with Gasteiger partial charge in [0, 0.05) is 12.1 Å². The van der Waals surface area contributed by atoms with Crippen LogP contribution in [-0.2, 0) is 13.2 Å². The molecule has 0 bridgehead atoms. The highest BCUT2D eigenvalue weighted by atomic mass is 16.5. The van der Waals surface area contributed by atoms with Crippen molar-refractivity contribution in [3.8, 4) is 5.75 Å². The first-order valence-corrected chi connectivity index (χ1v) is 6.66. The number of carbonyl (C=O) groups is 1. The molecule has 0 saturated carbocycles. The molecule has 0 N–H and O–H groups in total.